The predicted octanol–water partition coefficient (Wildman–Crippen LogP) is 4.05. The van der Waals surface area contributed by atoms with Crippen LogP contribution in [-0.4, -0.2) is 20.9 Å². The summed E-state index contributed by atoms with van der Waals surface area (Å²) < 4.78 is 54.4. The Hall–Kier alpha value is -3.26. The number of anilines is 1. The van der Waals surface area contributed by atoms with E-state index in [0.717, 1.165) is 11.6 Å². The van der Waals surface area contributed by atoms with Gasteiger partial charge in [0.25, 0.3) is 15.9 Å². The van der Waals surface area contributed by atoms with Crippen molar-refractivity contribution in [3.8, 4) is 0 Å². The van der Waals surface area contributed by atoms with Gasteiger partial charge in [0.2, 0.25) is 0 Å². The summed E-state index contributed by atoms with van der Waals surface area (Å²) in [5, 5.41) is 2.72. The number of nitrogens with one attached hydrogen (secondary N) is 2. The standard InChI is InChI=1S/C22H20F2N2O3S/c1-15-6-9-18(24)14-21(15)30(28,29)26-20-5-3-2-4-19(20)22(27)25-13-12-16-7-10-17(23)11-8-16/h2-11,14,26H,12-13H2,1H3,(H,25,27). The molecule has 0 spiro atoms. The maximum Gasteiger partial charge on any atom is 0.262 e. The lowest BCUT2D eigenvalue weighted by atomic mass is 10.1. The zero-order chi connectivity index (χ0) is 21.7. The molecule has 0 atom stereocenters. The molecule has 0 saturated heterocycles. The highest BCUT2D eigenvalue weighted by Gasteiger charge is 2.21. The van der Waals surface area contributed by atoms with E-state index in [1.165, 1.54) is 36.4 Å². The molecule has 0 aliphatic rings. The average Bonchev–Trinajstić information content (AvgIpc) is 2.71. The highest BCUT2D eigenvalue weighted by atomic mass is 32.2. The Kier molecular flexibility index (Phi) is 6.47. The van der Waals surface area contributed by atoms with Gasteiger partial charge in [0.05, 0.1) is 16.1 Å². The van der Waals surface area contributed by atoms with Crippen LogP contribution in [0.4, 0.5) is 14.5 Å². The molecule has 0 aliphatic heterocycles. The molecule has 1 amide bonds. The lowest BCUT2D eigenvalue weighted by molar-refractivity contribution is 0.0955. The van der Waals surface area contributed by atoms with Crippen LogP contribution < -0.4 is 10.0 Å². The van der Waals surface area contributed by atoms with Gasteiger partial charge in [-0.15, -0.1) is 0 Å². The molecular formula is C22H20F2N2O3S. The van der Waals surface area contributed by atoms with Gasteiger partial charge in [-0.2, -0.15) is 0 Å². The van der Waals surface area contributed by atoms with Crippen LogP contribution in [0.5, 0.6) is 0 Å². The van der Waals surface area contributed by atoms with Crippen LogP contribution in [0.3, 0.4) is 0 Å². The van der Waals surface area contributed by atoms with Crippen molar-refractivity contribution >= 4 is 21.6 Å². The third kappa shape index (κ3) is 5.21. The molecule has 30 heavy (non-hydrogen) atoms. The monoisotopic (exact) mass is 430 g/mol. The maximum atomic E-state index is 13.5. The first-order valence-electron chi connectivity index (χ1n) is 9.17. The predicted molar refractivity (Wildman–Crippen MR) is 111 cm³/mol. The minimum atomic E-state index is -4.10. The molecule has 0 fully saturated rings. The fourth-order valence-electron chi connectivity index (χ4n) is 2.90. The Balaban J connectivity index is 1.74. The first-order chi connectivity index (χ1) is 14.3. The maximum absolute atomic E-state index is 13.5. The molecule has 0 aliphatic carbocycles. The fourth-order valence-corrected chi connectivity index (χ4v) is 4.24. The van der Waals surface area contributed by atoms with Gasteiger partial charge in [-0.3, -0.25) is 9.52 Å². The topological polar surface area (TPSA) is 75.3 Å². The van der Waals surface area contributed by atoms with Crippen molar-refractivity contribution in [3.63, 3.8) is 0 Å². The van der Waals surface area contributed by atoms with Gasteiger partial charge in [0.15, 0.2) is 0 Å². The molecule has 3 aromatic carbocycles. The quantitative estimate of drug-likeness (QED) is 0.594. The zero-order valence-corrected chi connectivity index (χ0v) is 17.0. The summed E-state index contributed by atoms with van der Waals surface area (Å²) in [6.07, 6.45) is 0.488. The number of hydrogen-bond donors (Lipinski definition) is 2. The number of carbonyl (C=O) groups is 1. The lowest BCUT2D eigenvalue weighted by Crippen LogP contribution is -2.27. The van der Waals surface area contributed by atoms with Crippen molar-refractivity contribution in [2.24, 2.45) is 0 Å². The van der Waals surface area contributed by atoms with Crippen molar-refractivity contribution in [1.82, 2.24) is 5.32 Å². The summed E-state index contributed by atoms with van der Waals surface area (Å²) >= 11 is 0. The van der Waals surface area contributed by atoms with Crippen LogP contribution in [0.15, 0.2) is 71.6 Å². The number of halogens is 2. The molecule has 0 saturated carbocycles. The molecule has 2 N–H and O–H groups in total. The van der Waals surface area contributed by atoms with Gasteiger partial charge in [-0.05, 0) is 60.9 Å². The molecule has 0 aromatic heterocycles. The fraction of sp³-hybridized carbons (Fsp3) is 0.136. The normalized spacial score (nSPS) is 11.2. The summed E-state index contributed by atoms with van der Waals surface area (Å²) in [5.74, 6) is -1.48. The number of sulfonamides is 1. The number of para-hydroxylation sites is 1. The first kappa shape index (κ1) is 21.4. The first-order valence-corrected chi connectivity index (χ1v) is 10.7. The molecule has 3 aromatic rings. The molecule has 0 bridgehead atoms. The number of hydrogen-bond acceptors (Lipinski definition) is 3. The number of amides is 1. The Morgan fingerprint density at radius 2 is 1.60 bits per heavy atom. The van der Waals surface area contributed by atoms with Gasteiger partial charge < -0.3 is 5.32 Å². The second-order valence-electron chi connectivity index (χ2n) is 6.69. The highest BCUT2D eigenvalue weighted by molar-refractivity contribution is 7.92. The van der Waals surface area contributed by atoms with E-state index in [2.05, 4.69) is 10.0 Å². The van der Waals surface area contributed by atoms with E-state index < -0.39 is 21.7 Å². The number of aryl methyl sites for hydroxylation is 1. The molecule has 0 radical (unpaired) electrons. The minimum absolute atomic E-state index is 0.0837. The molecule has 0 unspecified atom stereocenters. The van der Waals surface area contributed by atoms with Crippen molar-refractivity contribution in [2.45, 2.75) is 18.2 Å². The van der Waals surface area contributed by atoms with Crippen LogP contribution in [0, 0.1) is 18.6 Å². The van der Waals surface area contributed by atoms with Crippen LogP contribution in [-0.2, 0) is 16.4 Å². The van der Waals surface area contributed by atoms with Crippen molar-refractivity contribution < 1.29 is 22.0 Å². The van der Waals surface area contributed by atoms with Crippen LogP contribution >= 0.6 is 0 Å². The number of carbonyl (C=O) groups excluding carboxylic acids is 1. The van der Waals surface area contributed by atoms with Gasteiger partial charge in [-0.25, -0.2) is 17.2 Å². The number of benzene rings is 3. The van der Waals surface area contributed by atoms with Crippen LogP contribution in [0.2, 0.25) is 0 Å². The van der Waals surface area contributed by atoms with E-state index in [1.807, 2.05) is 0 Å². The summed E-state index contributed by atoms with van der Waals surface area (Å²) in [7, 11) is -4.10. The SMILES string of the molecule is Cc1ccc(F)cc1S(=O)(=O)Nc1ccccc1C(=O)NCCc1ccc(F)cc1. The van der Waals surface area contributed by atoms with Gasteiger partial charge in [0.1, 0.15) is 11.6 Å². The second kappa shape index (κ2) is 9.04. The van der Waals surface area contributed by atoms with Crippen molar-refractivity contribution in [2.75, 3.05) is 11.3 Å². The Labute approximate surface area is 173 Å². The molecule has 156 valence electrons. The third-order valence-corrected chi connectivity index (χ3v) is 5.98. The van der Waals surface area contributed by atoms with Crippen molar-refractivity contribution in [1.29, 1.82) is 0 Å². The van der Waals surface area contributed by atoms with Gasteiger partial charge in [-0.1, -0.05) is 30.3 Å². The van der Waals surface area contributed by atoms with E-state index in [0.29, 0.717) is 12.0 Å². The summed E-state index contributed by atoms with van der Waals surface area (Å²) in [5.41, 5.74) is 1.45. The second-order valence-corrected chi connectivity index (χ2v) is 8.34. The smallest absolute Gasteiger partial charge is 0.262 e. The van der Waals surface area contributed by atoms with E-state index in [9.17, 15) is 22.0 Å². The Bertz CT molecular complexity index is 1160. The summed E-state index contributed by atoms with van der Waals surface area (Å²) in [6, 6.07) is 15.6. The van der Waals surface area contributed by atoms with E-state index in [1.54, 1.807) is 31.2 Å². The highest BCUT2D eigenvalue weighted by Crippen LogP contribution is 2.23. The van der Waals surface area contributed by atoms with Crippen LogP contribution in [0.1, 0.15) is 21.5 Å². The summed E-state index contributed by atoms with van der Waals surface area (Å²) in [4.78, 5) is 12.4. The van der Waals surface area contributed by atoms with E-state index >= 15 is 0 Å². The lowest BCUT2D eigenvalue weighted by Gasteiger charge is -2.14. The third-order valence-electron chi connectivity index (χ3n) is 4.47. The van der Waals surface area contributed by atoms with E-state index in [-0.39, 0.29) is 28.5 Å². The number of rotatable bonds is 7. The molecule has 5 nitrogen and oxygen atoms in total. The molecule has 8 heteroatoms. The van der Waals surface area contributed by atoms with Crippen molar-refractivity contribution in [3.05, 3.63) is 95.1 Å². The van der Waals surface area contributed by atoms with Gasteiger partial charge >= 0.3 is 0 Å². The molecular weight excluding hydrogens is 410 g/mol. The molecule has 3 rings (SSSR count). The Morgan fingerprint density at radius 3 is 2.33 bits per heavy atom. The van der Waals surface area contributed by atoms with Gasteiger partial charge in [0, 0.05) is 6.54 Å². The Morgan fingerprint density at radius 1 is 0.933 bits per heavy atom. The van der Waals surface area contributed by atoms with Crippen LogP contribution in [0.25, 0.3) is 0 Å². The minimum Gasteiger partial charge on any atom is -0.352 e. The largest absolute Gasteiger partial charge is 0.352 e. The average molecular weight is 430 g/mol. The molecule has 0 heterocycles. The summed E-state index contributed by atoms with van der Waals surface area (Å²) in [6.45, 7) is 1.84. The van der Waals surface area contributed by atoms with E-state index in [4.69, 9.17) is 0 Å². The zero-order valence-electron chi connectivity index (χ0n) is 16.2.